The number of benzene rings is 1. The third-order valence-corrected chi connectivity index (χ3v) is 6.60. The number of anilines is 1. The van der Waals surface area contributed by atoms with Gasteiger partial charge in [0.2, 0.25) is 10.0 Å². The number of amides is 1. The van der Waals surface area contributed by atoms with Crippen molar-refractivity contribution in [2.75, 3.05) is 36.2 Å². The Kier molecular flexibility index (Phi) is 5.40. The summed E-state index contributed by atoms with van der Waals surface area (Å²) in [5, 5.41) is 6.33. The molecule has 1 amide bonds. The van der Waals surface area contributed by atoms with Crippen LogP contribution in [0.2, 0.25) is 0 Å². The van der Waals surface area contributed by atoms with Gasteiger partial charge in [-0.05, 0) is 62.9 Å². The average molecular weight is 351 g/mol. The number of carbonyl (C=O) groups is 1. The summed E-state index contributed by atoms with van der Waals surface area (Å²) in [6, 6.07) is 6.88. The number of nitrogens with zero attached hydrogens (tertiary/aromatic N) is 1. The molecular formula is C17H25N3O3S. The van der Waals surface area contributed by atoms with Crippen molar-refractivity contribution in [2.24, 2.45) is 5.92 Å². The lowest BCUT2D eigenvalue weighted by atomic mass is 9.96. The van der Waals surface area contributed by atoms with Crippen LogP contribution < -0.4 is 14.9 Å². The van der Waals surface area contributed by atoms with Crippen molar-refractivity contribution in [3.8, 4) is 0 Å². The Morgan fingerprint density at radius 3 is 2.92 bits per heavy atom. The molecule has 1 aromatic carbocycles. The highest BCUT2D eigenvalue weighted by atomic mass is 32.2. The third-order valence-electron chi connectivity index (χ3n) is 4.73. The molecule has 0 aromatic heterocycles. The minimum Gasteiger partial charge on any atom is -0.352 e. The van der Waals surface area contributed by atoms with E-state index in [0.717, 1.165) is 19.5 Å². The van der Waals surface area contributed by atoms with Gasteiger partial charge in [0.1, 0.15) is 0 Å². The number of sulfonamides is 1. The molecule has 0 spiro atoms. The van der Waals surface area contributed by atoms with Gasteiger partial charge in [0, 0.05) is 18.7 Å². The Morgan fingerprint density at radius 1 is 1.33 bits per heavy atom. The molecule has 24 heavy (non-hydrogen) atoms. The second-order valence-electron chi connectivity index (χ2n) is 6.55. The first-order chi connectivity index (χ1) is 11.6. The van der Waals surface area contributed by atoms with Crippen LogP contribution in [0, 0.1) is 5.92 Å². The van der Waals surface area contributed by atoms with E-state index in [-0.39, 0.29) is 11.7 Å². The maximum absolute atomic E-state index is 12.3. The van der Waals surface area contributed by atoms with Crippen LogP contribution in [-0.4, -0.2) is 46.3 Å². The zero-order chi connectivity index (χ0) is 17.0. The van der Waals surface area contributed by atoms with Gasteiger partial charge < -0.3 is 10.6 Å². The molecular weight excluding hydrogens is 326 g/mol. The van der Waals surface area contributed by atoms with Gasteiger partial charge in [-0.25, -0.2) is 8.42 Å². The third kappa shape index (κ3) is 4.08. The average Bonchev–Trinajstić information content (AvgIpc) is 2.95. The summed E-state index contributed by atoms with van der Waals surface area (Å²) in [7, 11) is -3.22. The predicted octanol–water partition coefficient (Wildman–Crippen LogP) is 1.35. The van der Waals surface area contributed by atoms with E-state index in [1.807, 2.05) is 0 Å². The molecule has 2 saturated heterocycles. The van der Waals surface area contributed by atoms with Crippen molar-refractivity contribution in [3.05, 3.63) is 29.8 Å². The first kappa shape index (κ1) is 17.2. The molecule has 3 rings (SSSR count). The minimum atomic E-state index is -3.22. The Balaban J connectivity index is 1.58. The number of piperidine rings is 1. The van der Waals surface area contributed by atoms with E-state index < -0.39 is 10.0 Å². The Labute approximate surface area is 143 Å². The van der Waals surface area contributed by atoms with Crippen molar-refractivity contribution >= 4 is 21.6 Å². The van der Waals surface area contributed by atoms with Crippen molar-refractivity contribution in [3.63, 3.8) is 0 Å². The van der Waals surface area contributed by atoms with Crippen LogP contribution in [0.3, 0.4) is 0 Å². The molecule has 2 N–H and O–H groups in total. The standard InChI is InChI=1S/C17H25N3O3S/c21-17(19-9-7-14-4-2-8-18-13-14)15-5-1-6-16(12-15)20-10-3-11-24(20,22)23/h1,5-6,12,14,18H,2-4,7-11,13H2,(H,19,21). The van der Waals surface area contributed by atoms with Crippen molar-refractivity contribution in [1.82, 2.24) is 10.6 Å². The summed E-state index contributed by atoms with van der Waals surface area (Å²) >= 11 is 0. The Morgan fingerprint density at radius 2 is 2.21 bits per heavy atom. The molecule has 6 nitrogen and oxygen atoms in total. The fourth-order valence-corrected chi connectivity index (χ4v) is 4.95. The number of hydrogen-bond acceptors (Lipinski definition) is 4. The maximum atomic E-state index is 12.3. The minimum absolute atomic E-state index is 0.141. The SMILES string of the molecule is O=C(NCCC1CCCNC1)c1cccc(N2CCCS2(=O)=O)c1. The highest BCUT2D eigenvalue weighted by Gasteiger charge is 2.28. The van der Waals surface area contributed by atoms with Gasteiger partial charge in [-0.2, -0.15) is 0 Å². The van der Waals surface area contributed by atoms with Crippen LogP contribution >= 0.6 is 0 Å². The van der Waals surface area contributed by atoms with Gasteiger partial charge >= 0.3 is 0 Å². The molecule has 1 atom stereocenters. The fraction of sp³-hybridized carbons (Fsp3) is 0.588. The summed E-state index contributed by atoms with van der Waals surface area (Å²) in [5.74, 6) is 0.663. The van der Waals surface area contributed by atoms with E-state index >= 15 is 0 Å². The van der Waals surface area contributed by atoms with Crippen molar-refractivity contribution in [1.29, 1.82) is 0 Å². The van der Waals surface area contributed by atoms with Gasteiger partial charge in [0.05, 0.1) is 11.4 Å². The molecule has 0 aliphatic carbocycles. The van der Waals surface area contributed by atoms with E-state index in [1.165, 1.54) is 17.1 Å². The van der Waals surface area contributed by atoms with Crippen molar-refractivity contribution < 1.29 is 13.2 Å². The highest BCUT2D eigenvalue weighted by Crippen LogP contribution is 2.24. The molecule has 2 heterocycles. The molecule has 0 saturated carbocycles. The zero-order valence-corrected chi connectivity index (χ0v) is 14.6. The van der Waals surface area contributed by atoms with Gasteiger partial charge in [-0.1, -0.05) is 6.07 Å². The molecule has 7 heteroatoms. The second kappa shape index (κ2) is 7.53. The lowest BCUT2D eigenvalue weighted by molar-refractivity contribution is 0.0950. The number of carbonyl (C=O) groups excluding carboxylic acids is 1. The smallest absolute Gasteiger partial charge is 0.251 e. The largest absolute Gasteiger partial charge is 0.352 e. The normalized spacial score (nSPS) is 23.2. The van der Waals surface area contributed by atoms with Crippen LogP contribution in [0.4, 0.5) is 5.69 Å². The monoisotopic (exact) mass is 351 g/mol. The van der Waals surface area contributed by atoms with Crippen LogP contribution in [0.5, 0.6) is 0 Å². The lowest BCUT2D eigenvalue weighted by Crippen LogP contribution is -2.33. The van der Waals surface area contributed by atoms with Gasteiger partial charge in [0.15, 0.2) is 0 Å². The first-order valence-electron chi connectivity index (χ1n) is 8.66. The van der Waals surface area contributed by atoms with Gasteiger partial charge in [0.25, 0.3) is 5.91 Å². The quantitative estimate of drug-likeness (QED) is 0.839. The zero-order valence-electron chi connectivity index (χ0n) is 13.8. The van der Waals surface area contributed by atoms with E-state index in [4.69, 9.17) is 0 Å². The van der Waals surface area contributed by atoms with Crippen LogP contribution in [0.1, 0.15) is 36.0 Å². The van der Waals surface area contributed by atoms with E-state index in [1.54, 1.807) is 24.3 Å². The Bertz CT molecular complexity index is 684. The number of rotatable bonds is 5. The fourth-order valence-electron chi connectivity index (χ4n) is 3.39. The van der Waals surface area contributed by atoms with Crippen LogP contribution in [0.25, 0.3) is 0 Å². The predicted molar refractivity (Wildman–Crippen MR) is 94.7 cm³/mol. The molecule has 1 aromatic rings. The summed E-state index contributed by atoms with van der Waals surface area (Å²) in [5.41, 5.74) is 1.09. The summed E-state index contributed by atoms with van der Waals surface area (Å²) in [4.78, 5) is 12.3. The number of hydrogen-bond donors (Lipinski definition) is 2. The second-order valence-corrected chi connectivity index (χ2v) is 8.56. The van der Waals surface area contributed by atoms with E-state index in [0.29, 0.717) is 36.7 Å². The topological polar surface area (TPSA) is 78.5 Å². The lowest BCUT2D eigenvalue weighted by Gasteiger charge is -2.22. The number of nitrogens with one attached hydrogen (secondary N) is 2. The summed E-state index contributed by atoms with van der Waals surface area (Å²) < 4.78 is 25.4. The maximum Gasteiger partial charge on any atom is 0.251 e. The highest BCUT2D eigenvalue weighted by molar-refractivity contribution is 7.93. The summed E-state index contributed by atoms with van der Waals surface area (Å²) in [6.07, 6.45) is 4.02. The van der Waals surface area contributed by atoms with E-state index in [9.17, 15) is 13.2 Å². The molecule has 2 fully saturated rings. The molecule has 132 valence electrons. The molecule has 1 unspecified atom stereocenters. The molecule has 2 aliphatic heterocycles. The van der Waals surface area contributed by atoms with Crippen LogP contribution in [-0.2, 0) is 10.0 Å². The van der Waals surface area contributed by atoms with Crippen molar-refractivity contribution in [2.45, 2.75) is 25.7 Å². The Hall–Kier alpha value is -1.60. The molecule has 2 aliphatic rings. The van der Waals surface area contributed by atoms with Gasteiger partial charge in [-0.15, -0.1) is 0 Å². The summed E-state index contributed by atoms with van der Waals surface area (Å²) in [6.45, 7) is 3.26. The molecule has 0 radical (unpaired) electrons. The first-order valence-corrected chi connectivity index (χ1v) is 10.3. The van der Waals surface area contributed by atoms with E-state index in [2.05, 4.69) is 10.6 Å². The van der Waals surface area contributed by atoms with Crippen LogP contribution in [0.15, 0.2) is 24.3 Å². The molecule has 0 bridgehead atoms. The van der Waals surface area contributed by atoms with Gasteiger partial charge in [-0.3, -0.25) is 9.10 Å².